The van der Waals surface area contributed by atoms with Crippen LogP contribution in [0.25, 0.3) is 5.82 Å². The van der Waals surface area contributed by atoms with E-state index in [1.54, 1.807) is 25.0 Å². The molecule has 1 saturated heterocycles. The summed E-state index contributed by atoms with van der Waals surface area (Å²) in [5.74, 6) is 2.51. The molecule has 0 radical (unpaired) electrons. The van der Waals surface area contributed by atoms with Crippen LogP contribution in [0.3, 0.4) is 0 Å². The maximum absolute atomic E-state index is 12.9. The predicted molar refractivity (Wildman–Crippen MR) is 114 cm³/mol. The third-order valence-corrected chi connectivity index (χ3v) is 5.18. The van der Waals surface area contributed by atoms with Gasteiger partial charge >= 0.3 is 0 Å². The van der Waals surface area contributed by atoms with E-state index in [-0.39, 0.29) is 5.91 Å². The fourth-order valence-corrected chi connectivity index (χ4v) is 3.46. The number of aryl methyl sites for hydroxylation is 1. The molecule has 10 nitrogen and oxygen atoms in total. The number of hydrogen-bond acceptors (Lipinski definition) is 8. The van der Waals surface area contributed by atoms with E-state index < -0.39 is 6.10 Å². The molecule has 0 aliphatic carbocycles. The average molecular weight is 423 g/mol. The fourth-order valence-electron chi connectivity index (χ4n) is 3.46. The van der Waals surface area contributed by atoms with Gasteiger partial charge in [-0.2, -0.15) is 5.10 Å². The largest absolute Gasteiger partial charge is 0.493 e. The van der Waals surface area contributed by atoms with Crippen molar-refractivity contribution < 1.29 is 14.3 Å². The van der Waals surface area contributed by atoms with Crippen LogP contribution in [-0.2, 0) is 4.79 Å². The monoisotopic (exact) mass is 423 g/mol. The van der Waals surface area contributed by atoms with Gasteiger partial charge in [-0.3, -0.25) is 4.79 Å². The first-order valence-corrected chi connectivity index (χ1v) is 10.1. The third-order valence-electron chi connectivity index (χ3n) is 5.18. The van der Waals surface area contributed by atoms with Crippen LogP contribution >= 0.6 is 0 Å². The Morgan fingerprint density at radius 3 is 2.42 bits per heavy atom. The number of benzene rings is 1. The van der Waals surface area contributed by atoms with Gasteiger partial charge in [-0.05, 0) is 43.7 Å². The summed E-state index contributed by atoms with van der Waals surface area (Å²) < 4.78 is 12.8. The smallest absolute Gasteiger partial charge is 0.263 e. The Kier molecular flexibility index (Phi) is 5.96. The van der Waals surface area contributed by atoms with E-state index in [0.717, 1.165) is 11.4 Å². The Hall–Kier alpha value is -3.69. The molecule has 10 heteroatoms. The van der Waals surface area contributed by atoms with Gasteiger partial charge in [0, 0.05) is 26.2 Å². The minimum Gasteiger partial charge on any atom is -0.493 e. The molecule has 1 aliphatic rings. The molecule has 1 aliphatic heterocycles. The molecule has 162 valence electrons. The van der Waals surface area contributed by atoms with Gasteiger partial charge in [-0.1, -0.05) is 6.07 Å². The first kappa shape index (κ1) is 20.6. The number of piperazine rings is 1. The van der Waals surface area contributed by atoms with Crippen LogP contribution in [0.2, 0.25) is 0 Å². The van der Waals surface area contributed by atoms with Gasteiger partial charge in [0.2, 0.25) is 0 Å². The van der Waals surface area contributed by atoms with Gasteiger partial charge < -0.3 is 19.3 Å². The highest BCUT2D eigenvalue weighted by molar-refractivity contribution is 5.81. The van der Waals surface area contributed by atoms with Crippen molar-refractivity contribution in [2.75, 3.05) is 38.2 Å². The molecule has 0 N–H and O–H groups in total. The molecule has 4 rings (SSSR count). The summed E-state index contributed by atoms with van der Waals surface area (Å²) >= 11 is 0. The zero-order valence-corrected chi connectivity index (χ0v) is 17.8. The van der Waals surface area contributed by atoms with Gasteiger partial charge in [0.1, 0.15) is 12.7 Å². The summed E-state index contributed by atoms with van der Waals surface area (Å²) in [5.41, 5.74) is 1.07. The van der Waals surface area contributed by atoms with E-state index in [4.69, 9.17) is 9.47 Å². The lowest BCUT2D eigenvalue weighted by molar-refractivity contribution is -0.138. The van der Waals surface area contributed by atoms with Crippen molar-refractivity contribution in [3.05, 3.63) is 48.5 Å². The quantitative estimate of drug-likeness (QED) is 0.588. The number of methoxy groups -OCH3 is 1. The Bertz CT molecular complexity index is 1020. The Morgan fingerprint density at radius 1 is 1.03 bits per heavy atom. The van der Waals surface area contributed by atoms with Crippen molar-refractivity contribution in [2.45, 2.75) is 20.0 Å². The Morgan fingerprint density at radius 2 is 1.77 bits per heavy atom. The van der Waals surface area contributed by atoms with Crippen LogP contribution in [-0.4, -0.2) is 75.2 Å². The molecule has 0 spiro atoms. The summed E-state index contributed by atoms with van der Waals surface area (Å²) in [6.07, 6.45) is 2.42. The van der Waals surface area contributed by atoms with Crippen LogP contribution in [0.5, 0.6) is 11.5 Å². The maximum atomic E-state index is 12.9. The molecule has 31 heavy (non-hydrogen) atoms. The summed E-state index contributed by atoms with van der Waals surface area (Å²) in [6, 6.07) is 9.40. The lowest BCUT2D eigenvalue weighted by Gasteiger charge is -2.36. The first-order chi connectivity index (χ1) is 15.0. The number of ether oxygens (including phenoxy) is 2. The number of aromatic nitrogens is 5. The van der Waals surface area contributed by atoms with Crippen LogP contribution in [0, 0.1) is 6.92 Å². The normalized spacial score (nSPS) is 14.9. The van der Waals surface area contributed by atoms with Crippen molar-refractivity contribution in [3.8, 4) is 17.3 Å². The van der Waals surface area contributed by atoms with E-state index in [1.807, 2.05) is 42.2 Å². The Balaban J connectivity index is 1.33. The number of anilines is 1. The van der Waals surface area contributed by atoms with Crippen molar-refractivity contribution in [1.82, 2.24) is 29.9 Å². The SMILES string of the molecule is COc1cc(C)ccc1OC(C)C(=O)N1CCN(c2ccc(-n3cncn3)nn2)CC1. The number of hydrogen-bond donors (Lipinski definition) is 0. The number of carbonyl (C=O) groups is 1. The second kappa shape index (κ2) is 8.99. The zero-order valence-electron chi connectivity index (χ0n) is 17.8. The second-order valence-electron chi connectivity index (χ2n) is 7.32. The molecule has 1 unspecified atom stereocenters. The molecule has 1 amide bonds. The van der Waals surface area contributed by atoms with Crippen LogP contribution in [0.15, 0.2) is 43.0 Å². The molecule has 0 saturated carbocycles. The van der Waals surface area contributed by atoms with Crippen LogP contribution in [0.4, 0.5) is 5.82 Å². The Labute approximate surface area is 180 Å². The molecule has 3 heterocycles. The molecule has 2 aromatic heterocycles. The van der Waals surface area contributed by atoms with Crippen molar-refractivity contribution >= 4 is 11.7 Å². The maximum Gasteiger partial charge on any atom is 0.263 e. The molecular formula is C21H25N7O3. The summed E-state index contributed by atoms with van der Waals surface area (Å²) in [6.45, 7) is 6.26. The lowest BCUT2D eigenvalue weighted by Crippen LogP contribution is -2.52. The van der Waals surface area contributed by atoms with Gasteiger partial charge in [0.15, 0.2) is 29.2 Å². The van der Waals surface area contributed by atoms with E-state index in [0.29, 0.717) is 43.5 Å². The van der Waals surface area contributed by atoms with Gasteiger partial charge in [-0.25, -0.2) is 9.67 Å². The summed E-state index contributed by atoms with van der Waals surface area (Å²) in [7, 11) is 1.59. The van der Waals surface area contributed by atoms with Gasteiger partial charge in [-0.15, -0.1) is 10.2 Å². The second-order valence-corrected chi connectivity index (χ2v) is 7.32. The van der Waals surface area contributed by atoms with Crippen molar-refractivity contribution in [3.63, 3.8) is 0 Å². The molecule has 1 aromatic carbocycles. The summed E-state index contributed by atoms with van der Waals surface area (Å²) in [5, 5.41) is 12.5. The van der Waals surface area contributed by atoms with Gasteiger partial charge in [0.25, 0.3) is 5.91 Å². The number of rotatable bonds is 6. The van der Waals surface area contributed by atoms with Crippen molar-refractivity contribution in [2.24, 2.45) is 0 Å². The highest BCUT2D eigenvalue weighted by atomic mass is 16.5. The topological polar surface area (TPSA) is 98.5 Å². The van der Waals surface area contributed by atoms with E-state index in [1.165, 1.54) is 6.33 Å². The molecule has 3 aromatic rings. The molecule has 1 fully saturated rings. The van der Waals surface area contributed by atoms with Crippen LogP contribution < -0.4 is 14.4 Å². The third kappa shape index (κ3) is 4.57. The minimum atomic E-state index is -0.607. The highest BCUT2D eigenvalue weighted by Gasteiger charge is 2.27. The van der Waals surface area contributed by atoms with Crippen molar-refractivity contribution in [1.29, 1.82) is 0 Å². The lowest BCUT2D eigenvalue weighted by atomic mass is 10.2. The number of nitrogens with zero attached hydrogens (tertiary/aromatic N) is 7. The van der Waals surface area contributed by atoms with Crippen LogP contribution in [0.1, 0.15) is 12.5 Å². The minimum absolute atomic E-state index is 0.0464. The van der Waals surface area contributed by atoms with E-state index >= 15 is 0 Å². The summed E-state index contributed by atoms with van der Waals surface area (Å²) in [4.78, 5) is 20.7. The fraction of sp³-hybridized carbons (Fsp3) is 0.381. The predicted octanol–water partition coefficient (Wildman–Crippen LogP) is 1.49. The zero-order chi connectivity index (χ0) is 21.8. The van der Waals surface area contributed by atoms with E-state index in [2.05, 4.69) is 25.2 Å². The number of amides is 1. The molecule has 1 atom stereocenters. The van der Waals surface area contributed by atoms with Gasteiger partial charge in [0.05, 0.1) is 7.11 Å². The first-order valence-electron chi connectivity index (χ1n) is 10.1. The highest BCUT2D eigenvalue weighted by Crippen LogP contribution is 2.29. The number of carbonyl (C=O) groups excluding carboxylic acids is 1. The molecule has 0 bridgehead atoms. The van der Waals surface area contributed by atoms with E-state index in [9.17, 15) is 4.79 Å². The molecular weight excluding hydrogens is 398 g/mol. The average Bonchev–Trinajstić information content (AvgIpc) is 3.35. The standard InChI is InChI=1S/C21H25N7O3/c1-15-4-5-17(18(12-15)30-3)31-16(2)21(29)27-10-8-26(9-11-27)19-6-7-20(25-24-19)28-14-22-13-23-28/h4-7,12-14,16H,8-11H2,1-3H3.